The van der Waals surface area contributed by atoms with Gasteiger partial charge in [0.15, 0.2) is 0 Å². The third-order valence-electron chi connectivity index (χ3n) is 2.57. The van der Waals surface area contributed by atoms with Crippen molar-refractivity contribution in [2.75, 3.05) is 0 Å². The van der Waals surface area contributed by atoms with Crippen LogP contribution in [0.5, 0.6) is 5.75 Å². The van der Waals surface area contributed by atoms with Gasteiger partial charge in [-0.3, -0.25) is 10.1 Å². The molecule has 0 aromatic heterocycles. The molecule has 1 aromatic rings. The van der Waals surface area contributed by atoms with E-state index in [1.165, 1.54) is 6.07 Å². The molecule has 0 fully saturated rings. The van der Waals surface area contributed by atoms with E-state index in [0.717, 1.165) is 17.1 Å². The molecule has 84 valence electrons. The van der Waals surface area contributed by atoms with E-state index in [0.29, 0.717) is 12.3 Å². The van der Waals surface area contributed by atoms with Crippen LogP contribution >= 0.6 is 0 Å². The highest BCUT2D eigenvalue weighted by Crippen LogP contribution is 2.31. The molecule has 4 nitrogen and oxygen atoms in total. The van der Waals surface area contributed by atoms with Crippen molar-refractivity contribution < 1.29 is 9.66 Å². The van der Waals surface area contributed by atoms with Crippen molar-refractivity contribution in [1.82, 2.24) is 0 Å². The Kier molecular flexibility index (Phi) is 2.64. The van der Waals surface area contributed by atoms with Gasteiger partial charge in [0.1, 0.15) is 11.5 Å². The fourth-order valence-electron chi connectivity index (χ4n) is 1.67. The minimum absolute atomic E-state index is 0.115. The predicted octanol–water partition coefficient (Wildman–Crippen LogP) is 3.07. The van der Waals surface area contributed by atoms with Gasteiger partial charge in [0.25, 0.3) is 5.69 Å². The summed E-state index contributed by atoms with van der Waals surface area (Å²) in [6.45, 7) is 4.12. The minimum atomic E-state index is -0.387. The Labute approximate surface area is 93.7 Å². The Morgan fingerprint density at radius 2 is 2.19 bits per heavy atom. The highest BCUT2D eigenvalue weighted by molar-refractivity contribution is 5.47. The maximum Gasteiger partial charge on any atom is 0.269 e. The van der Waals surface area contributed by atoms with Crippen molar-refractivity contribution in [2.45, 2.75) is 20.3 Å². The molecular formula is C12H13NO3. The van der Waals surface area contributed by atoms with Gasteiger partial charge in [-0.05, 0) is 18.6 Å². The van der Waals surface area contributed by atoms with Gasteiger partial charge >= 0.3 is 0 Å². The fraction of sp³-hybridized carbons (Fsp3) is 0.333. The summed E-state index contributed by atoms with van der Waals surface area (Å²) in [5, 5.41) is 10.6. The number of benzene rings is 1. The first-order valence-corrected chi connectivity index (χ1v) is 5.23. The molecule has 1 aliphatic rings. The second-order valence-corrected chi connectivity index (χ2v) is 4.12. The van der Waals surface area contributed by atoms with Crippen LogP contribution in [0.25, 0.3) is 0 Å². The molecule has 0 bridgehead atoms. The summed E-state index contributed by atoms with van der Waals surface area (Å²) in [5.74, 6) is 2.00. The van der Waals surface area contributed by atoms with Crippen molar-refractivity contribution in [3.63, 3.8) is 0 Å². The second-order valence-electron chi connectivity index (χ2n) is 4.12. The predicted molar refractivity (Wildman–Crippen MR) is 60.3 cm³/mol. The Bertz CT molecular complexity index is 463. The standard InChI is InChI=1S/C12H13NO3/c1-8(2)11-5-3-9-7-10(13(14)15)4-6-12(9)16-11/h4-8H,3H2,1-2H3. The number of nitrogens with zero attached hydrogens (tertiary/aromatic N) is 1. The molecule has 1 aromatic carbocycles. The molecule has 0 saturated carbocycles. The van der Waals surface area contributed by atoms with Gasteiger partial charge < -0.3 is 4.74 Å². The summed E-state index contributed by atoms with van der Waals surface area (Å²) in [6, 6.07) is 4.72. The number of allylic oxidation sites excluding steroid dienone is 2. The largest absolute Gasteiger partial charge is 0.461 e. The van der Waals surface area contributed by atoms with E-state index >= 15 is 0 Å². The highest BCUT2D eigenvalue weighted by Gasteiger charge is 2.17. The van der Waals surface area contributed by atoms with Crippen LogP contribution in [-0.4, -0.2) is 4.92 Å². The number of ether oxygens (including phenoxy) is 1. The van der Waals surface area contributed by atoms with Gasteiger partial charge in [-0.25, -0.2) is 0 Å². The quantitative estimate of drug-likeness (QED) is 0.567. The van der Waals surface area contributed by atoms with Crippen LogP contribution in [0.2, 0.25) is 0 Å². The highest BCUT2D eigenvalue weighted by atomic mass is 16.6. The maximum atomic E-state index is 10.6. The van der Waals surface area contributed by atoms with E-state index in [4.69, 9.17) is 4.74 Å². The number of hydrogen-bond acceptors (Lipinski definition) is 3. The van der Waals surface area contributed by atoms with Crippen LogP contribution in [0.3, 0.4) is 0 Å². The Morgan fingerprint density at radius 3 is 2.81 bits per heavy atom. The smallest absolute Gasteiger partial charge is 0.269 e. The summed E-state index contributed by atoms with van der Waals surface area (Å²) in [6.07, 6.45) is 2.68. The summed E-state index contributed by atoms with van der Waals surface area (Å²) in [4.78, 5) is 10.2. The average Bonchev–Trinajstić information content (AvgIpc) is 2.27. The molecule has 0 spiro atoms. The van der Waals surface area contributed by atoms with Gasteiger partial charge in [0.05, 0.1) is 4.92 Å². The first-order valence-electron chi connectivity index (χ1n) is 5.23. The molecule has 2 rings (SSSR count). The van der Waals surface area contributed by atoms with Crippen molar-refractivity contribution >= 4 is 5.69 Å². The Balaban J connectivity index is 2.31. The van der Waals surface area contributed by atoms with Crippen LogP contribution in [0.15, 0.2) is 30.0 Å². The van der Waals surface area contributed by atoms with Crippen LogP contribution in [-0.2, 0) is 6.42 Å². The number of fused-ring (bicyclic) bond motifs is 1. The Hall–Kier alpha value is -1.84. The van der Waals surface area contributed by atoms with Gasteiger partial charge in [-0.15, -0.1) is 0 Å². The van der Waals surface area contributed by atoms with E-state index in [1.807, 2.05) is 6.08 Å². The zero-order valence-electron chi connectivity index (χ0n) is 9.27. The van der Waals surface area contributed by atoms with Crippen LogP contribution in [0.1, 0.15) is 19.4 Å². The van der Waals surface area contributed by atoms with Gasteiger partial charge in [0.2, 0.25) is 0 Å². The second kappa shape index (κ2) is 3.96. The van der Waals surface area contributed by atoms with Crippen molar-refractivity contribution in [1.29, 1.82) is 0 Å². The molecule has 0 N–H and O–H groups in total. The molecule has 1 aliphatic heterocycles. The molecule has 0 atom stereocenters. The van der Waals surface area contributed by atoms with Gasteiger partial charge in [-0.1, -0.05) is 13.8 Å². The number of rotatable bonds is 2. The number of non-ortho nitro benzene ring substituents is 1. The molecular weight excluding hydrogens is 206 g/mol. The lowest BCUT2D eigenvalue weighted by molar-refractivity contribution is -0.384. The summed E-state index contributed by atoms with van der Waals surface area (Å²) in [7, 11) is 0. The Morgan fingerprint density at radius 1 is 1.44 bits per heavy atom. The summed E-state index contributed by atoms with van der Waals surface area (Å²) >= 11 is 0. The van der Waals surface area contributed by atoms with Crippen LogP contribution in [0, 0.1) is 16.0 Å². The fourth-order valence-corrected chi connectivity index (χ4v) is 1.67. The monoisotopic (exact) mass is 219 g/mol. The minimum Gasteiger partial charge on any atom is -0.461 e. The lowest BCUT2D eigenvalue weighted by atomic mass is 10.0. The molecule has 0 saturated heterocycles. The molecule has 0 amide bonds. The average molecular weight is 219 g/mol. The van der Waals surface area contributed by atoms with Crippen LogP contribution in [0.4, 0.5) is 5.69 Å². The van der Waals surface area contributed by atoms with E-state index < -0.39 is 0 Å². The zero-order chi connectivity index (χ0) is 11.7. The lowest BCUT2D eigenvalue weighted by Gasteiger charge is -2.20. The number of hydrogen-bond donors (Lipinski definition) is 0. The van der Waals surface area contributed by atoms with Crippen molar-refractivity contribution in [3.8, 4) is 5.75 Å². The first-order chi connectivity index (χ1) is 7.58. The third-order valence-corrected chi connectivity index (χ3v) is 2.57. The van der Waals surface area contributed by atoms with Crippen molar-refractivity contribution in [3.05, 3.63) is 45.7 Å². The molecule has 0 unspecified atom stereocenters. The normalized spacial score (nSPS) is 14.1. The molecule has 16 heavy (non-hydrogen) atoms. The molecule has 4 heteroatoms. The topological polar surface area (TPSA) is 52.4 Å². The maximum absolute atomic E-state index is 10.6. The van der Waals surface area contributed by atoms with Crippen molar-refractivity contribution in [2.24, 2.45) is 5.92 Å². The SMILES string of the molecule is CC(C)C1=CCc2cc([N+](=O)[O-])ccc2O1. The van der Waals surface area contributed by atoms with E-state index in [1.54, 1.807) is 12.1 Å². The van der Waals surface area contributed by atoms with E-state index in [9.17, 15) is 10.1 Å². The zero-order valence-corrected chi connectivity index (χ0v) is 9.27. The third kappa shape index (κ3) is 1.91. The summed E-state index contributed by atoms with van der Waals surface area (Å²) < 4.78 is 5.67. The van der Waals surface area contributed by atoms with Gasteiger partial charge in [-0.2, -0.15) is 0 Å². The molecule has 0 aliphatic carbocycles. The number of nitro groups is 1. The molecule has 1 heterocycles. The number of nitro benzene ring substituents is 1. The first kappa shape index (κ1) is 10.7. The molecule has 0 radical (unpaired) electrons. The lowest BCUT2D eigenvalue weighted by Crippen LogP contribution is -2.09. The van der Waals surface area contributed by atoms with Crippen LogP contribution < -0.4 is 4.74 Å². The van der Waals surface area contributed by atoms with E-state index in [-0.39, 0.29) is 10.6 Å². The van der Waals surface area contributed by atoms with Gasteiger partial charge in [0, 0.05) is 23.6 Å². The van der Waals surface area contributed by atoms with E-state index in [2.05, 4.69) is 13.8 Å². The summed E-state index contributed by atoms with van der Waals surface area (Å²) in [5.41, 5.74) is 0.988.